The third kappa shape index (κ3) is 4.02. The van der Waals surface area contributed by atoms with Crippen molar-refractivity contribution < 1.29 is 9.53 Å². The predicted octanol–water partition coefficient (Wildman–Crippen LogP) is 3.79. The molecule has 0 atom stereocenters. The molecule has 0 unspecified atom stereocenters. The summed E-state index contributed by atoms with van der Waals surface area (Å²) >= 11 is 0. The van der Waals surface area contributed by atoms with Crippen LogP contribution in [0.3, 0.4) is 0 Å². The van der Waals surface area contributed by atoms with Crippen molar-refractivity contribution in [1.82, 2.24) is 0 Å². The summed E-state index contributed by atoms with van der Waals surface area (Å²) in [5.74, 6) is 0. The first-order valence-electron chi connectivity index (χ1n) is 6.42. The third-order valence-corrected chi connectivity index (χ3v) is 2.90. The molecule has 4 heteroatoms. The molecule has 0 radical (unpaired) electrons. The molecule has 0 saturated carbocycles. The number of hydrogen-bond acceptors (Lipinski definition) is 3. The van der Waals surface area contributed by atoms with E-state index >= 15 is 0 Å². The van der Waals surface area contributed by atoms with Crippen molar-refractivity contribution in [3.8, 4) is 0 Å². The zero-order valence-corrected chi connectivity index (χ0v) is 11.6. The van der Waals surface area contributed by atoms with Gasteiger partial charge in [-0.2, -0.15) is 0 Å². The SMILES string of the molecule is COC(=O)Nc1ccc(NCc2cccc(C)c2)cc1. The molecule has 1 amide bonds. The predicted molar refractivity (Wildman–Crippen MR) is 81.0 cm³/mol. The van der Waals surface area contributed by atoms with Crippen LogP contribution in [0.25, 0.3) is 0 Å². The van der Waals surface area contributed by atoms with Crippen LogP contribution in [-0.2, 0) is 11.3 Å². The van der Waals surface area contributed by atoms with Gasteiger partial charge in [-0.3, -0.25) is 5.32 Å². The van der Waals surface area contributed by atoms with Crippen LogP contribution in [0.15, 0.2) is 48.5 Å². The van der Waals surface area contributed by atoms with E-state index < -0.39 is 6.09 Å². The topological polar surface area (TPSA) is 50.4 Å². The van der Waals surface area contributed by atoms with Gasteiger partial charge in [0.15, 0.2) is 0 Å². The minimum atomic E-state index is -0.467. The van der Waals surface area contributed by atoms with Gasteiger partial charge < -0.3 is 10.1 Å². The van der Waals surface area contributed by atoms with Gasteiger partial charge >= 0.3 is 6.09 Å². The number of hydrogen-bond donors (Lipinski definition) is 2. The maximum absolute atomic E-state index is 11.1. The lowest BCUT2D eigenvalue weighted by atomic mass is 10.1. The van der Waals surface area contributed by atoms with Crippen LogP contribution in [0.4, 0.5) is 16.2 Å². The lowest BCUT2D eigenvalue weighted by Crippen LogP contribution is -2.10. The van der Waals surface area contributed by atoms with Gasteiger partial charge in [-0.25, -0.2) is 4.79 Å². The van der Waals surface area contributed by atoms with Crippen LogP contribution in [-0.4, -0.2) is 13.2 Å². The normalized spacial score (nSPS) is 9.90. The minimum absolute atomic E-state index is 0.467. The van der Waals surface area contributed by atoms with Crippen molar-refractivity contribution in [2.75, 3.05) is 17.7 Å². The van der Waals surface area contributed by atoms with E-state index in [1.807, 2.05) is 24.3 Å². The zero-order chi connectivity index (χ0) is 14.4. The summed E-state index contributed by atoms with van der Waals surface area (Å²) in [4.78, 5) is 11.1. The van der Waals surface area contributed by atoms with Gasteiger partial charge in [0.1, 0.15) is 0 Å². The molecule has 0 aromatic heterocycles. The van der Waals surface area contributed by atoms with Gasteiger partial charge in [0.2, 0.25) is 0 Å². The number of anilines is 2. The molecule has 0 aliphatic rings. The van der Waals surface area contributed by atoms with E-state index in [0.717, 1.165) is 12.2 Å². The van der Waals surface area contributed by atoms with E-state index in [1.54, 1.807) is 0 Å². The molecule has 2 N–H and O–H groups in total. The molecule has 104 valence electrons. The quantitative estimate of drug-likeness (QED) is 0.888. The average Bonchev–Trinajstić information content (AvgIpc) is 2.46. The third-order valence-electron chi connectivity index (χ3n) is 2.90. The number of aryl methyl sites for hydroxylation is 1. The molecule has 2 aromatic rings. The summed E-state index contributed by atoms with van der Waals surface area (Å²) in [6.07, 6.45) is -0.467. The Balaban J connectivity index is 1.92. The molecule has 0 spiro atoms. The number of nitrogens with one attached hydrogen (secondary N) is 2. The first kappa shape index (κ1) is 13.9. The maximum Gasteiger partial charge on any atom is 0.411 e. The Labute approximate surface area is 118 Å². The number of rotatable bonds is 4. The minimum Gasteiger partial charge on any atom is -0.453 e. The Kier molecular flexibility index (Phi) is 4.60. The first-order chi connectivity index (χ1) is 9.67. The van der Waals surface area contributed by atoms with Crippen LogP contribution in [0, 0.1) is 6.92 Å². The summed E-state index contributed by atoms with van der Waals surface area (Å²) in [7, 11) is 1.34. The Morgan fingerprint density at radius 3 is 2.45 bits per heavy atom. The van der Waals surface area contributed by atoms with E-state index in [2.05, 4.69) is 46.6 Å². The molecule has 0 fully saturated rings. The molecule has 0 bridgehead atoms. The molecule has 4 nitrogen and oxygen atoms in total. The molecule has 0 heterocycles. The number of methoxy groups -OCH3 is 1. The van der Waals surface area contributed by atoms with E-state index in [4.69, 9.17) is 0 Å². The second kappa shape index (κ2) is 6.61. The number of carbonyl (C=O) groups excluding carboxylic acids is 1. The fourth-order valence-corrected chi connectivity index (χ4v) is 1.87. The molecule has 2 rings (SSSR count). The Morgan fingerprint density at radius 1 is 1.10 bits per heavy atom. The number of amides is 1. The van der Waals surface area contributed by atoms with Crippen LogP contribution >= 0.6 is 0 Å². The van der Waals surface area contributed by atoms with Crippen molar-refractivity contribution >= 4 is 17.5 Å². The second-order valence-corrected chi connectivity index (χ2v) is 4.54. The van der Waals surface area contributed by atoms with Gasteiger partial charge in [0.05, 0.1) is 7.11 Å². The van der Waals surface area contributed by atoms with Gasteiger partial charge in [0.25, 0.3) is 0 Å². The highest BCUT2D eigenvalue weighted by Crippen LogP contribution is 2.15. The van der Waals surface area contributed by atoms with Gasteiger partial charge in [-0.15, -0.1) is 0 Å². The van der Waals surface area contributed by atoms with Crippen molar-refractivity contribution in [2.24, 2.45) is 0 Å². The average molecular weight is 270 g/mol. The largest absolute Gasteiger partial charge is 0.453 e. The number of ether oxygens (including phenoxy) is 1. The summed E-state index contributed by atoms with van der Waals surface area (Å²) < 4.78 is 4.54. The van der Waals surface area contributed by atoms with Crippen molar-refractivity contribution in [3.05, 3.63) is 59.7 Å². The molecule has 0 aliphatic carbocycles. The van der Waals surface area contributed by atoms with Crippen LogP contribution in [0.5, 0.6) is 0 Å². The van der Waals surface area contributed by atoms with Crippen LogP contribution in [0.2, 0.25) is 0 Å². The second-order valence-electron chi connectivity index (χ2n) is 4.54. The van der Waals surface area contributed by atoms with Crippen molar-refractivity contribution in [1.29, 1.82) is 0 Å². The molecule has 2 aromatic carbocycles. The van der Waals surface area contributed by atoms with Gasteiger partial charge in [-0.05, 0) is 36.8 Å². The van der Waals surface area contributed by atoms with E-state index in [0.29, 0.717) is 5.69 Å². The standard InChI is InChI=1S/C16H18N2O2/c1-12-4-3-5-13(10-12)11-17-14-6-8-15(9-7-14)18-16(19)20-2/h3-10,17H,11H2,1-2H3,(H,18,19). The molecular weight excluding hydrogens is 252 g/mol. The van der Waals surface area contributed by atoms with E-state index in [9.17, 15) is 4.79 Å². The first-order valence-corrected chi connectivity index (χ1v) is 6.42. The molecular formula is C16H18N2O2. The molecule has 0 aliphatic heterocycles. The maximum atomic E-state index is 11.1. The molecule has 0 saturated heterocycles. The Bertz CT molecular complexity index is 579. The summed E-state index contributed by atoms with van der Waals surface area (Å²) in [5.41, 5.74) is 4.20. The highest BCUT2D eigenvalue weighted by Gasteiger charge is 2.00. The van der Waals surface area contributed by atoms with Gasteiger partial charge in [-0.1, -0.05) is 29.8 Å². The van der Waals surface area contributed by atoms with Gasteiger partial charge in [0, 0.05) is 17.9 Å². The Morgan fingerprint density at radius 2 is 1.80 bits per heavy atom. The van der Waals surface area contributed by atoms with E-state index in [-0.39, 0.29) is 0 Å². The lowest BCUT2D eigenvalue weighted by Gasteiger charge is -2.08. The highest BCUT2D eigenvalue weighted by atomic mass is 16.5. The number of carbonyl (C=O) groups is 1. The summed E-state index contributed by atoms with van der Waals surface area (Å²) in [6.45, 7) is 2.85. The summed E-state index contributed by atoms with van der Waals surface area (Å²) in [5, 5.41) is 5.95. The Hall–Kier alpha value is -2.49. The number of benzene rings is 2. The highest BCUT2D eigenvalue weighted by molar-refractivity contribution is 5.84. The summed E-state index contributed by atoms with van der Waals surface area (Å²) in [6, 6.07) is 15.9. The van der Waals surface area contributed by atoms with E-state index in [1.165, 1.54) is 18.2 Å². The zero-order valence-electron chi connectivity index (χ0n) is 11.6. The lowest BCUT2D eigenvalue weighted by molar-refractivity contribution is 0.187. The van der Waals surface area contributed by atoms with Crippen LogP contribution in [0.1, 0.15) is 11.1 Å². The monoisotopic (exact) mass is 270 g/mol. The smallest absolute Gasteiger partial charge is 0.411 e. The fraction of sp³-hybridized carbons (Fsp3) is 0.188. The van der Waals surface area contributed by atoms with Crippen molar-refractivity contribution in [3.63, 3.8) is 0 Å². The molecule has 20 heavy (non-hydrogen) atoms. The van der Waals surface area contributed by atoms with Crippen molar-refractivity contribution in [2.45, 2.75) is 13.5 Å². The fourth-order valence-electron chi connectivity index (χ4n) is 1.87. The van der Waals surface area contributed by atoms with Crippen LogP contribution < -0.4 is 10.6 Å².